The highest BCUT2D eigenvalue weighted by Crippen LogP contribution is 2.43. The van der Waals surface area contributed by atoms with E-state index in [1.807, 2.05) is 48.5 Å². The molecule has 11 heteroatoms. The Morgan fingerprint density at radius 2 is 1.70 bits per heavy atom. The second-order valence-corrected chi connectivity index (χ2v) is 12.8. The molecule has 2 heterocycles. The highest BCUT2D eigenvalue weighted by atomic mass is 32.2. The molecular formula is C36H43N5O5S. The molecule has 5 rings (SSSR count). The van der Waals surface area contributed by atoms with Crippen molar-refractivity contribution in [3.8, 4) is 11.1 Å². The van der Waals surface area contributed by atoms with Crippen LogP contribution in [-0.2, 0) is 32.2 Å². The van der Waals surface area contributed by atoms with Crippen LogP contribution in [0, 0.1) is 5.92 Å². The first-order chi connectivity index (χ1) is 22.9. The van der Waals surface area contributed by atoms with E-state index in [9.17, 15) is 14.7 Å². The lowest BCUT2D eigenvalue weighted by molar-refractivity contribution is -0.268. The van der Waals surface area contributed by atoms with Crippen LogP contribution in [0.4, 0.5) is 0 Å². The van der Waals surface area contributed by atoms with Crippen LogP contribution < -0.4 is 10.6 Å². The lowest BCUT2D eigenvalue weighted by Crippen LogP contribution is -2.38. The molecule has 1 aliphatic rings. The van der Waals surface area contributed by atoms with Crippen molar-refractivity contribution in [3.05, 3.63) is 101 Å². The van der Waals surface area contributed by atoms with Crippen molar-refractivity contribution in [2.75, 3.05) is 12.3 Å². The summed E-state index contributed by atoms with van der Waals surface area (Å²) in [5, 5.41) is 22.9. The fourth-order valence-corrected chi connectivity index (χ4v) is 6.51. The van der Waals surface area contributed by atoms with Crippen LogP contribution in [0.3, 0.4) is 0 Å². The molecule has 4 aromatic rings. The van der Waals surface area contributed by atoms with Gasteiger partial charge in [-0.2, -0.15) is 5.10 Å². The van der Waals surface area contributed by atoms with Gasteiger partial charge in [0.2, 0.25) is 11.8 Å². The Balaban J connectivity index is 1.21. The van der Waals surface area contributed by atoms with Gasteiger partial charge in [-0.05, 0) is 46.7 Å². The Labute approximate surface area is 280 Å². The molecule has 4 unspecified atom stereocenters. The van der Waals surface area contributed by atoms with Gasteiger partial charge in [0.15, 0.2) is 11.4 Å². The minimum Gasteiger partial charge on any atom is -0.392 e. The molecule has 0 saturated carbocycles. The van der Waals surface area contributed by atoms with E-state index >= 15 is 0 Å². The van der Waals surface area contributed by atoms with Gasteiger partial charge >= 0.3 is 0 Å². The fourth-order valence-electron chi connectivity index (χ4n) is 5.57. The predicted molar refractivity (Wildman–Crippen MR) is 181 cm³/mol. The second kappa shape index (κ2) is 17.2. The standard InChI is InChI=1S/C36H43N5O5S/c1-24-32(22-47-36-39-23-40-41-36)45-35(46-34(24)29-12-10-26(21-42)11-13-29)30-16-14-28(15-17-30)31-8-6-7-27(19-31)20-38-33(44)9-4-3-5-18-37-25(2)43/h6-8,10-17,19,23-24,32,34-35,42H,3-5,9,18,20-22H2,1-2H3,(H,37,43)(H,38,44)(H,39,40,41). The van der Waals surface area contributed by atoms with Crippen molar-refractivity contribution in [1.82, 2.24) is 25.8 Å². The normalized spacial score (nSPS) is 19.3. The number of rotatable bonds is 15. The maximum absolute atomic E-state index is 12.4. The summed E-state index contributed by atoms with van der Waals surface area (Å²) in [4.78, 5) is 27.6. The average molecular weight is 658 g/mol. The number of unbranched alkanes of at least 4 members (excludes halogenated alkanes) is 2. The predicted octanol–water partition coefficient (Wildman–Crippen LogP) is 5.86. The van der Waals surface area contributed by atoms with E-state index in [0.717, 1.165) is 57.8 Å². The van der Waals surface area contributed by atoms with Gasteiger partial charge in [0.1, 0.15) is 6.33 Å². The quantitative estimate of drug-likeness (QED) is 0.0922. The van der Waals surface area contributed by atoms with E-state index in [1.165, 1.54) is 13.3 Å². The molecule has 1 aliphatic heterocycles. The Bertz CT molecular complexity index is 1570. The number of hydrogen-bond acceptors (Lipinski definition) is 8. The van der Waals surface area contributed by atoms with Gasteiger partial charge in [0.25, 0.3) is 0 Å². The zero-order valence-electron chi connectivity index (χ0n) is 26.9. The molecule has 0 radical (unpaired) electrons. The molecule has 248 valence electrons. The molecule has 0 aliphatic carbocycles. The van der Waals surface area contributed by atoms with E-state index < -0.39 is 6.29 Å². The Kier molecular flexibility index (Phi) is 12.6. The van der Waals surface area contributed by atoms with Crippen molar-refractivity contribution in [2.45, 2.75) is 76.3 Å². The SMILES string of the molecule is CC(=O)NCCCCCC(=O)NCc1cccc(-c2ccc(C3OC(CSc4ncn[nH]4)C(C)C(c4ccc(CO)cc4)O3)cc2)c1. The minimum atomic E-state index is -0.560. The second-order valence-electron chi connectivity index (χ2n) is 11.8. The molecule has 4 atom stereocenters. The number of amides is 2. The lowest BCUT2D eigenvalue weighted by atomic mass is 9.91. The molecule has 2 amide bonds. The van der Waals surface area contributed by atoms with Crippen LogP contribution in [0.15, 0.2) is 84.3 Å². The van der Waals surface area contributed by atoms with E-state index in [1.54, 1.807) is 11.8 Å². The number of aromatic amines is 1. The first kappa shape index (κ1) is 34.3. The van der Waals surface area contributed by atoms with E-state index in [-0.39, 0.29) is 36.5 Å². The molecule has 4 N–H and O–H groups in total. The summed E-state index contributed by atoms with van der Waals surface area (Å²) in [5.74, 6) is 0.754. The van der Waals surface area contributed by atoms with Crippen LogP contribution in [0.2, 0.25) is 0 Å². The molecule has 3 aromatic carbocycles. The van der Waals surface area contributed by atoms with Gasteiger partial charge in [-0.1, -0.05) is 91.8 Å². The fraction of sp³-hybridized carbons (Fsp3) is 0.389. The molecule has 0 bridgehead atoms. The average Bonchev–Trinajstić information content (AvgIpc) is 3.62. The number of aliphatic hydroxyl groups excluding tert-OH is 1. The zero-order chi connectivity index (χ0) is 33.0. The number of aliphatic hydroxyl groups is 1. The Hall–Kier alpha value is -4.03. The number of carbonyl (C=O) groups is 2. The van der Waals surface area contributed by atoms with Crippen molar-refractivity contribution < 1.29 is 24.2 Å². The monoisotopic (exact) mass is 657 g/mol. The van der Waals surface area contributed by atoms with E-state index in [0.29, 0.717) is 25.3 Å². The van der Waals surface area contributed by atoms with Gasteiger partial charge in [-0.15, -0.1) is 0 Å². The van der Waals surface area contributed by atoms with Crippen LogP contribution in [0.25, 0.3) is 11.1 Å². The summed E-state index contributed by atoms with van der Waals surface area (Å²) in [6.07, 6.45) is 3.67. The van der Waals surface area contributed by atoms with Crippen LogP contribution in [0.5, 0.6) is 0 Å². The molecule has 1 saturated heterocycles. The summed E-state index contributed by atoms with van der Waals surface area (Å²) < 4.78 is 13.2. The summed E-state index contributed by atoms with van der Waals surface area (Å²) in [6, 6.07) is 24.3. The largest absolute Gasteiger partial charge is 0.392 e. The summed E-state index contributed by atoms with van der Waals surface area (Å²) in [5.41, 5.74) is 5.96. The highest BCUT2D eigenvalue weighted by Gasteiger charge is 2.38. The molecule has 10 nitrogen and oxygen atoms in total. The summed E-state index contributed by atoms with van der Waals surface area (Å²) >= 11 is 1.57. The van der Waals surface area contributed by atoms with Gasteiger partial charge < -0.3 is 25.2 Å². The molecule has 0 spiro atoms. The van der Waals surface area contributed by atoms with Crippen LogP contribution in [0.1, 0.15) is 74.2 Å². The number of ether oxygens (including phenoxy) is 2. The molecule has 1 aromatic heterocycles. The van der Waals surface area contributed by atoms with Crippen molar-refractivity contribution in [1.29, 1.82) is 0 Å². The maximum Gasteiger partial charge on any atom is 0.220 e. The van der Waals surface area contributed by atoms with Gasteiger partial charge in [-0.25, -0.2) is 4.98 Å². The number of nitrogens with one attached hydrogen (secondary N) is 3. The van der Waals surface area contributed by atoms with Crippen molar-refractivity contribution in [3.63, 3.8) is 0 Å². The maximum atomic E-state index is 12.4. The number of H-pyrrole nitrogens is 1. The molecule has 47 heavy (non-hydrogen) atoms. The van der Waals surface area contributed by atoms with Crippen LogP contribution >= 0.6 is 11.8 Å². The third-order valence-electron chi connectivity index (χ3n) is 8.29. The zero-order valence-corrected chi connectivity index (χ0v) is 27.7. The third kappa shape index (κ3) is 9.98. The van der Waals surface area contributed by atoms with Crippen molar-refractivity contribution in [2.24, 2.45) is 5.92 Å². The molecular weight excluding hydrogens is 614 g/mol. The minimum absolute atomic E-state index is 0.00350. The van der Waals surface area contributed by atoms with E-state index in [2.05, 4.69) is 57.0 Å². The number of nitrogens with zero attached hydrogens (tertiary/aromatic N) is 2. The van der Waals surface area contributed by atoms with E-state index in [4.69, 9.17) is 9.47 Å². The smallest absolute Gasteiger partial charge is 0.220 e. The van der Waals surface area contributed by atoms with Gasteiger partial charge in [-0.3, -0.25) is 14.7 Å². The first-order valence-corrected chi connectivity index (χ1v) is 17.1. The highest BCUT2D eigenvalue weighted by molar-refractivity contribution is 7.99. The Morgan fingerprint density at radius 3 is 2.43 bits per heavy atom. The number of carbonyl (C=O) groups excluding carboxylic acids is 2. The third-order valence-corrected chi connectivity index (χ3v) is 9.25. The van der Waals surface area contributed by atoms with Crippen molar-refractivity contribution >= 4 is 23.6 Å². The van der Waals surface area contributed by atoms with Crippen LogP contribution in [-0.4, -0.2) is 50.5 Å². The number of benzene rings is 3. The Morgan fingerprint density at radius 1 is 0.915 bits per heavy atom. The first-order valence-electron chi connectivity index (χ1n) is 16.1. The summed E-state index contributed by atoms with van der Waals surface area (Å²) in [6.45, 7) is 4.76. The number of hydrogen-bond donors (Lipinski definition) is 4. The van der Waals surface area contributed by atoms with Gasteiger partial charge in [0.05, 0.1) is 18.8 Å². The van der Waals surface area contributed by atoms with Gasteiger partial charge in [0, 0.05) is 43.7 Å². The number of aromatic nitrogens is 3. The topological polar surface area (TPSA) is 138 Å². The molecule has 1 fully saturated rings. The summed E-state index contributed by atoms with van der Waals surface area (Å²) in [7, 11) is 0. The number of thioether (sulfide) groups is 1. The lowest BCUT2D eigenvalue weighted by Gasteiger charge is -2.41.